The summed E-state index contributed by atoms with van der Waals surface area (Å²) in [5.74, 6) is -1.01. The molecule has 0 aliphatic heterocycles. The van der Waals surface area contributed by atoms with E-state index < -0.39 is 27.5 Å². The minimum absolute atomic E-state index is 0.0520. The predicted molar refractivity (Wildman–Crippen MR) is 133 cm³/mol. The van der Waals surface area contributed by atoms with Crippen molar-refractivity contribution in [2.45, 2.75) is 19.3 Å². The van der Waals surface area contributed by atoms with E-state index in [1.807, 2.05) is 0 Å². The number of aromatic nitrogens is 2. The van der Waals surface area contributed by atoms with Crippen LogP contribution in [-0.4, -0.2) is 52.9 Å². The Morgan fingerprint density at radius 2 is 1.89 bits per heavy atom. The van der Waals surface area contributed by atoms with Gasteiger partial charge in [0.05, 0.1) is 16.8 Å². The summed E-state index contributed by atoms with van der Waals surface area (Å²) < 4.78 is 36.7. The van der Waals surface area contributed by atoms with Crippen LogP contribution in [0.3, 0.4) is 0 Å². The molecular formula is C23H22ClN3O7S. The number of aliphatic carboxylic acids is 1. The van der Waals surface area contributed by atoms with Gasteiger partial charge in [-0.15, -0.1) is 0 Å². The zero-order chi connectivity index (χ0) is 25.2. The summed E-state index contributed by atoms with van der Waals surface area (Å²) in [6, 6.07) is 12.0. The zero-order valence-corrected chi connectivity index (χ0v) is 20.0. The second-order valence-electron chi connectivity index (χ2n) is 8.04. The van der Waals surface area contributed by atoms with Crippen molar-refractivity contribution in [1.82, 2.24) is 9.97 Å². The molecule has 0 saturated heterocycles. The Morgan fingerprint density at radius 3 is 2.63 bits per heavy atom. The van der Waals surface area contributed by atoms with Gasteiger partial charge in [0.25, 0.3) is 10.1 Å². The molecular weight excluding hydrogens is 498 g/mol. The van der Waals surface area contributed by atoms with Crippen molar-refractivity contribution in [3.63, 3.8) is 0 Å². The Morgan fingerprint density at radius 1 is 1.11 bits per heavy atom. The highest BCUT2D eigenvalue weighted by atomic mass is 35.5. The van der Waals surface area contributed by atoms with E-state index in [-0.39, 0.29) is 24.9 Å². The number of nitrogens with zero attached hydrogens (tertiary/aromatic N) is 2. The maximum absolute atomic E-state index is 12.8. The second kappa shape index (κ2) is 10.1. The first kappa shape index (κ1) is 24.7. The maximum Gasteiger partial charge on any atom is 0.347 e. The van der Waals surface area contributed by atoms with Gasteiger partial charge in [-0.1, -0.05) is 11.6 Å². The largest absolute Gasteiger partial charge is 0.481 e. The molecule has 12 heteroatoms. The highest BCUT2D eigenvalue weighted by molar-refractivity contribution is 7.85. The van der Waals surface area contributed by atoms with Crippen molar-refractivity contribution in [1.29, 1.82) is 0 Å². The van der Waals surface area contributed by atoms with Gasteiger partial charge < -0.3 is 19.4 Å². The van der Waals surface area contributed by atoms with Crippen molar-refractivity contribution in [2.24, 2.45) is 0 Å². The quantitative estimate of drug-likeness (QED) is 0.209. The number of carboxylic acids is 1. The molecule has 0 radical (unpaired) electrons. The molecule has 0 aliphatic carbocycles. The number of H-pyrrole nitrogens is 1. The van der Waals surface area contributed by atoms with E-state index in [0.29, 0.717) is 51.5 Å². The van der Waals surface area contributed by atoms with Crippen molar-refractivity contribution in [2.75, 3.05) is 23.7 Å². The van der Waals surface area contributed by atoms with Crippen molar-refractivity contribution < 1.29 is 27.3 Å². The molecule has 35 heavy (non-hydrogen) atoms. The average molecular weight is 520 g/mol. The Hall–Kier alpha value is -3.41. The van der Waals surface area contributed by atoms with Crippen LogP contribution in [0.5, 0.6) is 0 Å². The molecule has 0 atom stereocenters. The Balaban J connectivity index is 1.64. The van der Waals surface area contributed by atoms with Crippen LogP contribution in [0.4, 0.5) is 5.69 Å². The van der Waals surface area contributed by atoms with Crippen molar-refractivity contribution >= 4 is 55.4 Å². The fourth-order valence-electron chi connectivity index (χ4n) is 3.80. The zero-order valence-electron chi connectivity index (χ0n) is 18.4. The molecule has 2 aromatic heterocycles. The lowest BCUT2D eigenvalue weighted by molar-refractivity contribution is -0.137. The van der Waals surface area contributed by atoms with E-state index in [0.717, 1.165) is 0 Å². The molecule has 2 aromatic carbocycles. The summed E-state index contributed by atoms with van der Waals surface area (Å²) >= 11 is 6.02. The molecule has 0 fully saturated rings. The van der Waals surface area contributed by atoms with Gasteiger partial charge in [0.15, 0.2) is 0 Å². The van der Waals surface area contributed by atoms with E-state index in [2.05, 4.69) is 9.97 Å². The standard InChI is InChI=1S/C23H22ClN3O7S/c24-15-5-7-18-19(12-15)26-22(25-18)17-11-14-4-6-16(13-20(14)34-23(17)30)27(8-1-3-21(28)29)9-2-10-35(31,32)33/h4-7,11-13H,1-3,8-10H2,(H,25,26)(H,28,29)(H,31,32,33). The molecule has 0 saturated carbocycles. The van der Waals surface area contributed by atoms with Gasteiger partial charge >= 0.3 is 11.6 Å². The van der Waals surface area contributed by atoms with E-state index in [9.17, 15) is 18.0 Å². The summed E-state index contributed by atoms with van der Waals surface area (Å²) in [5.41, 5.74) is 1.94. The summed E-state index contributed by atoms with van der Waals surface area (Å²) in [6.07, 6.45) is 0.421. The van der Waals surface area contributed by atoms with Crippen LogP contribution in [-0.2, 0) is 14.9 Å². The first-order chi connectivity index (χ1) is 16.6. The number of carboxylic acid groups (broad SMARTS) is 1. The monoisotopic (exact) mass is 519 g/mol. The van der Waals surface area contributed by atoms with Gasteiger partial charge in [0.1, 0.15) is 17.0 Å². The van der Waals surface area contributed by atoms with E-state index in [4.69, 9.17) is 25.7 Å². The number of fused-ring (bicyclic) bond motifs is 2. The smallest absolute Gasteiger partial charge is 0.347 e. The number of nitrogens with one attached hydrogen (secondary N) is 1. The number of hydrogen-bond acceptors (Lipinski definition) is 7. The number of anilines is 1. The number of halogens is 1. The van der Waals surface area contributed by atoms with Crippen LogP contribution >= 0.6 is 11.6 Å². The molecule has 184 valence electrons. The van der Waals surface area contributed by atoms with Gasteiger partial charge in [0.2, 0.25) is 0 Å². The van der Waals surface area contributed by atoms with Crippen LogP contribution in [0.25, 0.3) is 33.4 Å². The summed E-state index contributed by atoms with van der Waals surface area (Å²) in [4.78, 5) is 33.0. The third-order valence-corrected chi connectivity index (χ3v) is 6.47. The molecule has 2 heterocycles. The van der Waals surface area contributed by atoms with E-state index >= 15 is 0 Å². The van der Waals surface area contributed by atoms with Crippen LogP contribution < -0.4 is 10.5 Å². The topological polar surface area (TPSA) is 154 Å². The fraction of sp³-hybridized carbons (Fsp3) is 0.261. The molecule has 0 amide bonds. The number of hydrogen-bond donors (Lipinski definition) is 3. The molecule has 0 aliphatic rings. The third kappa shape index (κ3) is 6.18. The maximum atomic E-state index is 12.8. The SMILES string of the molecule is O=C(O)CCCN(CCCS(=O)(=O)O)c1ccc2cc(-c3nc4ccc(Cl)cc4[nH]3)c(=O)oc2c1. The number of aromatic amines is 1. The number of rotatable bonds is 10. The highest BCUT2D eigenvalue weighted by Crippen LogP contribution is 2.26. The van der Waals surface area contributed by atoms with Crippen LogP contribution in [0, 0.1) is 0 Å². The predicted octanol–water partition coefficient (Wildman–Crippen LogP) is 3.94. The lowest BCUT2D eigenvalue weighted by Crippen LogP contribution is -2.27. The number of benzene rings is 2. The van der Waals surface area contributed by atoms with Gasteiger partial charge in [-0.05, 0) is 49.2 Å². The van der Waals surface area contributed by atoms with Crippen LogP contribution in [0.1, 0.15) is 19.3 Å². The molecule has 0 bridgehead atoms. The summed E-state index contributed by atoms with van der Waals surface area (Å²) in [7, 11) is -4.12. The number of imidazole rings is 1. The first-order valence-corrected chi connectivity index (χ1v) is 12.7. The van der Waals surface area contributed by atoms with E-state index in [1.165, 1.54) is 0 Å². The third-order valence-electron chi connectivity index (χ3n) is 5.43. The average Bonchev–Trinajstić information content (AvgIpc) is 3.19. The Labute approximate surface area is 204 Å². The molecule has 4 rings (SSSR count). The summed E-state index contributed by atoms with van der Waals surface area (Å²) in [6.45, 7) is 0.599. The number of carbonyl (C=O) groups is 1. The second-order valence-corrected chi connectivity index (χ2v) is 10.0. The van der Waals surface area contributed by atoms with Gasteiger partial charge in [-0.2, -0.15) is 8.42 Å². The fourth-order valence-corrected chi connectivity index (χ4v) is 4.47. The Kier molecular flexibility index (Phi) is 7.10. The molecule has 0 unspecified atom stereocenters. The molecule has 10 nitrogen and oxygen atoms in total. The minimum atomic E-state index is -4.12. The van der Waals surface area contributed by atoms with Gasteiger partial charge in [-0.25, -0.2) is 9.78 Å². The van der Waals surface area contributed by atoms with E-state index in [1.54, 1.807) is 47.4 Å². The van der Waals surface area contributed by atoms with Crippen LogP contribution in [0.2, 0.25) is 5.02 Å². The first-order valence-electron chi connectivity index (χ1n) is 10.7. The highest BCUT2D eigenvalue weighted by Gasteiger charge is 2.15. The molecule has 4 aromatic rings. The van der Waals surface area contributed by atoms with Crippen molar-refractivity contribution in [3.05, 3.63) is 57.9 Å². The summed E-state index contributed by atoms with van der Waals surface area (Å²) in [5, 5.41) is 10.1. The molecule has 0 spiro atoms. The lowest BCUT2D eigenvalue weighted by atomic mass is 10.1. The van der Waals surface area contributed by atoms with Gasteiger partial charge in [0, 0.05) is 41.7 Å². The normalized spacial score (nSPS) is 11.8. The molecule has 3 N–H and O–H groups in total. The lowest BCUT2D eigenvalue weighted by Gasteiger charge is -2.24. The minimum Gasteiger partial charge on any atom is -0.481 e. The Bertz CT molecular complexity index is 1560. The van der Waals surface area contributed by atoms with Gasteiger partial charge in [-0.3, -0.25) is 9.35 Å². The van der Waals surface area contributed by atoms with Crippen molar-refractivity contribution in [3.8, 4) is 11.4 Å². The van der Waals surface area contributed by atoms with Crippen LogP contribution in [0.15, 0.2) is 51.7 Å².